The van der Waals surface area contributed by atoms with Gasteiger partial charge in [0.05, 0.1) is 17.8 Å². The summed E-state index contributed by atoms with van der Waals surface area (Å²) in [4.78, 5) is 49.5. The third-order valence-electron chi connectivity index (χ3n) is 10.6. The predicted molar refractivity (Wildman–Crippen MR) is 180 cm³/mol. The van der Waals surface area contributed by atoms with Crippen molar-refractivity contribution < 1.29 is 9.59 Å². The maximum Gasteiger partial charge on any atom is 0.343 e. The van der Waals surface area contributed by atoms with Gasteiger partial charge in [-0.25, -0.2) is 14.3 Å². The van der Waals surface area contributed by atoms with Gasteiger partial charge in [-0.15, -0.1) is 5.10 Å². The van der Waals surface area contributed by atoms with Crippen LogP contribution < -0.4 is 11.0 Å². The van der Waals surface area contributed by atoms with E-state index in [0.29, 0.717) is 44.1 Å². The van der Waals surface area contributed by atoms with Gasteiger partial charge < -0.3 is 20.0 Å². The highest BCUT2D eigenvalue weighted by atomic mass is 16.2. The molecule has 3 fully saturated rings. The highest BCUT2D eigenvalue weighted by molar-refractivity contribution is 5.88. The van der Waals surface area contributed by atoms with Crippen LogP contribution in [0.3, 0.4) is 0 Å². The van der Waals surface area contributed by atoms with Crippen LogP contribution in [0.15, 0.2) is 59.5 Å². The monoisotopic (exact) mass is 639 g/mol. The Balaban J connectivity index is 1.000. The van der Waals surface area contributed by atoms with Crippen LogP contribution in [0.4, 0.5) is 4.79 Å². The van der Waals surface area contributed by atoms with E-state index in [9.17, 15) is 14.4 Å². The number of fused-ring (bicyclic) bond motifs is 1. The van der Waals surface area contributed by atoms with Crippen molar-refractivity contribution in [2.24, 2.45) is 11.8 Å². The minimum atomic E-state index is -0.674. The number of likely N-dealkylation sites (tertiary alicyclic amines) is 3. The van der Waals surface area contributed by atoms with Gasteiger partial charge in [0.25, 0.3) is 0 Å². The number of aromatic amines is 2. The number of carbonyl (C=O) groups excluding carboxylic acids is 2. The summed E-state index contributed by atoms with van der Waals surface area (Å²) in [5.74, 6) is 1.93. The van der Waals surface area contributed by atoms with E-state index in [0.717, 1.165) is 67.0 Å². The molecule has 0 bridgehead atoms. The summed E-state index contributed by atoms with van der Waals surface area (Å²) in [6, 6.07) is 14.6. The third kappa shape index (κ3) is 6.97. The molecule has 248 valence electrons. The number of aromatic nitrogens is 5. The van der Waals surface area contributed by atoms with Crippen molar-refractivity contribution in [3.05, 3.63) is 70.8 Å². The maximum absolute atomic E-state index is 14.1. The van der Waals surface area contributed by atoms with E-state index in [1.54, 1.807) is 11.1 Å². The highest BCUT2D eigenvalue weighted by Gasteiger charge is 2.34. The van der Waals surface area contributed by atoms with Crippen molar-refractivity contribution in [3.8, 4) is 11.4 Å². The molecule has 7 rings (SSSR count). The number of hydrogen-bond acceptors (Lipinski definition) is 6. The lowest BCUT2D eigenvalue weighted by Crippen LogP contribution is -2.55. The van der Waals surface area contributed by atoms with Gasteiger partial charge in [0, 0.05) is 43.5 Å². The van der Waals surface area contributed by atoms with Crippen molar-refractivity contribution in [1.29, 1.82) is 0 Å². The topological polar surface area (TPSA) is 135 Å². The molecule has 3 amide bonds. The number of piperidine rings is 3. The Labute approximate surface area is 274 Å². The van der Waals surface area contributed by atoms with Crippen molar-refractivity contribution in [2.75, 3.05) is 46.3 Å². The molecule has 47 heavy (non-hydrogen) atoms. The van der Waals surface area contributed by atoms with Gasteiger partial charge in [0.15, 0.2) is 5.82 Å². The van der Waals surface area contributed by atoms with Crippen molar-refractivity contribution in [2.45, 2.75) is 57.0 Å². The lowest BCUT2D eigenvalue weighted by atomic mass is 9.79. The molecule has 3 saturated heterocycles. The number of nitrogens with zero attached hydrogens (tertiary/aromatic N) is 6. The molecule has 3 aliphatic heterocycles. The number of H-pyrrole nitrogens is 2. The fourth-order valence-corrected chi connectivity index (χ4v) is 7.73. The number of amides is 3. The zero-order valence-corrected chi connectivity index (χ0v) is 27.1. The summed E-state index contributed by atoms with van der Waals surface area (Å²) < 4.78 is 1.52. The lowest BCUT2D eigenvalue weighted by Gasteiger charge is -2.40. The predicted octanol–water partition coefficient (Wildman–Crippen LogP) is 3.65. The van der Waals surface area contributed by atoms with Crippen molar-refractivity contribution >= 4 is 22.8 Å². The maximum atomic E-state index is 14.1. The summed E-state index contributed by atoms with van der Waals surface area (Å²) in [5.41, 5.74) is 2.52. The van der Waals surface area contributed by atoms with E-state index in [4.69, 9.17) is 0 Å². The Morgan fingerprint density at radius 3 is 2.30 bits per heavy atom. The summed E-state index contributed by atoms with van der Waals surface area (Å²) in [6.45, 7) is 4.73. The summed E-state index contributed by atoms with van der Waals surface area (Å²) in [7, 11) is 2.20. The Morgan fingerprint density at radius 2 is 1.57 bits per heavy atom. The van der Waals surface area contributed by atoms with Crippen LogP contribution in [0, 0.1) is 11.8 Å². The molecule has 12 nitrogen and oxygen atoms in total. The molecule has 4 aromatic rings. The number of hydrogen-bond donors (Lipinski definition) is 3. The number of urea groups is 1. The molecular weight excluding hydrogens is 594 g/mol. The molecule has 1 unspecified atom stereocenters. The van der Waals surface area contributed by atoms with Crippen LogP contribution >= 0.6 is 0 Å². The fourth-order valence-electron chi connectivity index (χ4n) is 7.73. The SMILES string of the molecule is CN1CCC(C2CCN(C(=O)C(Cc3ccc4[nH]ncc4c3)NC(=O)N3CCC(n4nc(-c5ccccc5)[nH]c4=O)CC3)CC2)CC1. The smallest absolute Gasteiger partial charge is 0.341 e. The molecule has 3 aliphatic rings. The van der Waals surface area contributed by atoms with Gasteiger partial charge in [-0.2, -0.15) is 5.10 Å². The zero-order chi connectivity index (χ0) is 32.3. The zero-order valence-electron chi connectivity index (χ0n) is 27.1. The second-order valence-corrected chi connectivity index (χ2v) is 13.6. The molecule has 2 aromatic carbocycles. The van der Waals surface area contributed by atoms with Gasteiger partial charge in [-0.1, -0.05) is 36.4 Å². The Kier molecular flexibility index (Phi) is 9.10. The van der Waals surface area contributed by atoms with Crippen LogP contribution in [0.1, 0.15) is 50.1 Å². The number of carbonyl (C=O) groups is 2. The van der Waals surface area contributed by atoms with Crippen LogP contribution in [-0.4, -0.2) is 104 Å². The first kappa shape index (κ1) is 31.2. The Morgan fingerprint density at radius 1 is 0.894 bits per heavy atom. The third-order valence-corrected chi connectivity index (χ3v) is 10.6. The van der Waals surface area contributed by atoms with Gasteiger partial charge >= 0.3 is 11.7 Å². The first-order valence-electron chi connectivity index (χ1n) is 17.1. The molecule has 0 radical (unpaired) electrons. The standard InChI is InChI=1S/C35H45N9O3/c1-41-15-9-25(10-16-41)26-11-17-42(18-12-26)33(45)31(22-24-7-8-30-28(21-24)23-36-39-30)37-34(46)43-19-13-29(14-20-43)44-35(47)38-32(40-44)27-5-3-2-4-6-27/h2-8,21,23,25-26,29,31H,9-20,22H2,1H3,(H,36,39)(H,37,46)(H,38,40,47). The Hall–Kier alpha value is -4.45. The van der Waals surface area contributed by atoms with Gasteiger partial charge in [-0.3, -0.25) is 14.9 Å². The number of rotatable bonds is 7. The first-order chi connectivity index (χ1) is 22.9. The minimum Gasteiger partial charge on any atom is -0.341 e. The van der Waals surface area contributed by atoms with Gasteiger partial charge in [0.2, 0.25) is 5.91 Å². The molecule has 0 saturated carbocycles. The first-order valence-corrected chi connectivity index (χ1v) is 17.1. The molecule has 12 heteroatoms. The normalized spacial score (nSPS) is 19.7. The summed E-state index contributed by atoms with van der Waals surface area (Å²) >= 11 is 0. The highest BCUT2D eigenvalue weighted by Crippen LogP contribution is 2.32. The van der Waals surface area contributed by atoms with Crippen LogP contribution in [0.5, 0.6) is 0 Å². The molecule has 5 heterocycles. The van der Waals surface area contributed by atoms with E-state index >= 15 is 0 Å². The molecule has 1 atom stereocenters. The van der Waals surface area contributed by atoms with Gasteiger partial charge in [-0.05, 0) is 88.2 Å². The van der Waals surface area contributed by atoms with Crippen LogP contribution in [0.25, 0.3) is 22.3 Å². The average molecular weight is 640 g/mol. The van der Waals surface area contributed by atoms with E-state index in [-0.39, 0.29) is 23.7 Å². The second-order valence-electron chi connectivity index (χ2n) is 13.6. The Bertz CT molecular complexity index is 1720. The van der Waals surface area contributed by atoms with Crippen molar-refractivity contribution in [3.63, 3.8) is 0 Å². The minimum absolute atomic E-state index is 0.0149. The van der Waals surface area contributed by atoms with Gasteiger partial charge in [0.1, 0.15) is 6.04 Å². The van der Waals surface area contributed by atoms with E-state index in [2.05, 4.69) is 37.5 Å². The lowest BCUT2D eigenvalue weighted by molar-refractivity contribution is -0.135. The quantitative estimate of drug-likeness (QED) is 0.283. The van der Waals surface area contributed by atoms with Crippen LogP contribution in [-0.2, 0) is 11.2 Å². The number of benzene rings is 2. The molecule has 0 aliphatic carbocycles. The average Bonchev–Trinajstić information content (AvgIpc) is 3.75. The summed E-state index contributed by atoms with van der Waals surface area (Å²) in [5, 5.41) is 15.8. The van der Waals surface area contributed by atoms with E-state index in [1.807, 2.05) is 53.4 Å². The number of nitrogens with one attached hydrogen (secondary N) is 3. The fraction of sp³-hybridized carbons (Fsp3) is 0.514. The van der Waals surface area contributed by atoms with Crippen LogP contribution in [0.2, 0.25) is 0 Å². The largest absolute Gasteiger partial charge is 0.343 e. The molecule has 0 spiro atoms. The van der Waals surface area contributed by atoms with Crippen molar-refractivity contribution in [1.82, 2.24) is 45.0 Å². The molecular formula is C35H45N9O3. The van der Waals surface area contributed by atoms with E-state index in [1.165, 1.54) is 17.5 Å². The summed E-state index contributed by atoms with van der Waals surface area (Å²) in [6.07, 6.45) is 7.91. The van der Waals surface area contributed by atoms with E-state index < -0.39 is 6.04 Å². The second kappa shape index (κ2) is 13.7. The molecule has 3 N–H and O–H groups in total. The molecule has 2 aromatic heterocycles.